The van der Waals surface area contributed by atoms with Crippen LogP contribution >= 0.6 is 0 Å². The van der Waals surface area contributed by atoms with Crippen molar-refractivity contribution in [2.45, 2.75) is 39.7 Å². The molecular weight excluding hydrogens is 164 g/mol. The molecule has 2 N–H and O–H groups in total. The molecule has 78 valence electrons. The molecule has 0 aromatic carbocycles. The van der Waals surface area contributed by atoms with Crippen LogP contribution in [0.15, 0.2) is 12.2 Å². The zero-order valence-corrected chi connectivity index (χ0v) is 8.90. The van der Waals surface area contributed by atoms with E-state index in [0.29, 0.717) is 11.8 Å². The predicted molar refractivity (Wildman–Crippen MR) is 55.5 cm³/mol. The fraction of sp³-hybridized carbons (Fsp3) is 0.818. The van der Waals surface area contributed by atoms with E-state index < -0.39 is 0 Å². The van der Waals surface area contributed by atoms with Crippen LogP contribution < -0.4 is 0 Å². The average molecular weight is 186 g/mol. The topological polar surface area (TPSA) is 40.5 Å². The van der Waals surface area contributed by atoms with Crippen LogP contribution in [0.1, 0.15) is 33.6 Å². The molecule has 0 saturated carbocycles. The van der Waals surface area contributed by atoms with Crippen LogP contribution in [0.2, 0.25) is 0 Å². The summed E-state index contributed by atoms with van der Waals surface area (Å²) in [6.45, 7) is 6.25. The first-order valence-electron chi connectivity index (χ1n) is 5.01. The first-order valence-corrected chi connectivity index (χ1v) is 5.01. The van der Waals surface area contributed by atoms with Crippen molar-refractivity contribution in [3.63, 3.8) is 0 Å². The van der Waals surface area contributed by atoms with Crippen molar-refractivity contribution in [2.75, 3.05) is 6.61 Å². The molecule has 0 fully saturated rings. The highest BCUT2D eigenvalue weighted by atomic mass is 16.3. The van der Waals surface area contributed by atoms with E-state index in [0.717, 1.165) is 12.8 Å². The average Bonchev–Trinajstić information content (AvgIpc) is 2.11. The zero-order valence-electron chi connectivity index (χ0n) is 8.90. The Labute approximate surface area is 81.3 Å². The normalized spacial score (nSPS) is 16.8. The number of hydrogen-bond acceptors (Lipinski definition) is 2. The maximum Gasteiger partial charge on any atom is 0.0597 e. The van der Waals surface area contributed by atoms with Gasteiger partial charge in [0.05, 0.1) is 6.10 Å². The number of aliphatic hydroxyl groups is 2. The van der Waals surface area contributed by atoms with Crippen molar-refractivity contribution in [3.8, 4) is 0 Å². The highest BCUT2D eigenvalue weighted by Gasteiger charge is 2.05. The summed E-state index contributed by atoms with van der Waals surface area (Å²) in [6, 6.07) is 0. The van der Waals surface area contributed by atoms with Crippen molar-refractivity contribution in [2.24, 2.45) is 11.8 Å². The molecule has 0 bridgehead atoms. The van der Waals surface area contributed by atoms with E-state index in [1.165, 1.54) is 0 Å². The van der Waals surface area contributed by atoms with Crippen LogP contribution in [-0.2, 0) is 0 Å². The third-order valence-electron chi connectivity index (χ3n) is 2.16. The Bertz CT molecular complexity index is 141. The lowest BCUT2D eigenvalue weighted by Crippen LogP contribution is -2.12. The van der Waals surface area contributed by atoms with Gasteiger partial charge >= 0.3 is 0 Å². The highest BCUT2D eigenvalue weighted by Crippen LogP contribution is 2.07. The van der Waals surface area contributed by atoms with Gasteiger partial charge in [-0.25, -0.2) is 0 Å². The molecule has 0 aliphatic carbocycles. The minimum Gasteiger partial charge on any atom is -0.396 e. The van der Waals surface area contributed by atoms with E-state index in [9.17, 15) is 5.11 Å². The summed E-state index contributed by atoms with van der Waals surface area (Å²) in [5.41, 5.74) is 0. The summed E-state index contributed by atoms with van der Waals surface area (Å²) in [5, 5.41) is 18.2. The van der Waals surface area contributed by atoms with Crippen molar-refractivity contribution < 1.29 is 10.2 Å². The van der Waals surface area contributed by atoms with Crippen LogP contribution in [0.25, 0.3) is 0 Å². The largest absolute Gasteiger partial charge is 0.396 e. The van der Waals surface area contributed by atoms with Gasteiger partial charge < -0.3 is 10.2 Å². The molecule has 2 atom stereocenters. The third-order valence-corrected chi connectivity index (χ3v) is 2.16. The van der Waals surface area contributed by atoms with E-state index in [4.69, 9.17) is 5.11 Å². The Balaban J connectivity index is 3.51. The van der Waals surface area contributed by atoms with E-state index in [-0.39, 0.29) is 12.7 Å². The Morgan fingerprint density at radius 2 is 1.62 bits per heavy atom. The minimum absolute atomic E-state index is 0.233. The second kappa shape index (κ2) is 7.10. The standard InChI is InChI=1S/C11H22O2/c1-9(2)11(13)7-5-4-6-10(3)8-12/h4-5,9-13H,6-8H2,1-3H3/b5-4-/t10-,11-/m1/s1. The fourth-order valence-corrected chi connectivity index (χ4v) is 0.911. The molecule has 2 heteroatoms. The van der Waals surface area contributed by atoms with Crippen LogP contribution in [0.3, 0.4) is 0 Å². The monoisotopic (exact) mass is 186 g/mol. The van der Waals surface area contributed by atoms with E-state index >= 15 is 0 Å². The molecule has 0 aliphatic heterocycles. The van der Waals surface area contributed by atoms with Gasteiger partial charge in [-0.2, -0.15) is 0 Å². The molecule has 0 radical (unpaired) electrons. The first-order chi connectivity index (χ1) is 6.07. The summed E-state index contributed by atoms with van der Waals surface area (Å²) in [5.74, 6) is 0.646. The van der Waals surface area contributed by atoms with Gasteiger partial charge in [0.1, 0.15) is 0 Å². The molecule has 0 amide bonds. The molecule has 2 nitrogen and oxygen atoms in total. The zero-order chi connectivity index (χ0) is 10.3. The third kappa shape index (κ3) is 6.79. The number of allylic oxidation sites excluding steroid dienone is 1. The maximum atomic E-state index is 9.45. The van der Waals surface area contributed by atoms with Crippen molar-refractivity contribution in [1.82, 2.24) is 0 Å². The molecular formula is C11H22O2. The molecule has 0 aromatic heterocycles. The Morgan fingerprint density at radius 3 is 2.08 bits per heavy atom. The quantitative estimate of drug-likeness (QED) is 0.623. The number of aliphatic hydroxyl groups excluding tert-OH is 2. The molecule has 0 unspecified atom stereocenters. The van der Waals surface area contributed by atoms with E-state index in [1.807, 2.05) is 32.9 Å². The maximum absolute atomic E-state index is 9.45. The van der Waals surface area contributed by atoms with Crippen LogP contribution in [0.4, 0.5) is 0 Å². The smallest absolute Gasteiger partial charge is 0.0597 e. The summed E-state index contributed by atoms with van der Waals surface area (Å²) in [4.78, 5) is 0. The fourth-order valence-electron chi connectivity index (χ4n) is 0.911. The second-order valence-electron chi connectivity index (χ2n) is 4.04. The second-order valence-corrected chi connectivity index (χ2v) is 4.04. The Hall–Kier alpha value is -0.340. The molecule has 0 aromatic rings. The molecule has 0 saturated heterocycles. The lowest BCUT2D eigenvalue weighted by atomic mass is 10.0. The molecule has 0 spiro atoms. The van der Waals surface area contributed by atoms with Gasteiger partial charge in [-0.3, -0.25) is 0 Å². The van der Waals surface area contributed by atoms with E-state index in [1.54, 1.807) is 0 Å². The first kappa shape index (κ1) is 12.7. The lowest BCUT2D eigenvalue weighted by molar-refractivity contribution is 0.128. The lowest BCUT2D eigenvalue weighted by Gasteiger charge is -2.11. The highest BCUT2D eigenvalue weighted by molar-refractivity contribution is 4.85. The van der Waals surface area contributed by atoms with Gasteiger partial charge in [-0.05, 0) is 24.7 Å². The van der Waals surface area contributed by atoms with Gasteiger partial charge in [-0.15, -0.1) is 0 Å². The van der Waals surface area contributed by atoms with Crippen LogP contribution in [0.5, 0.6) is 0 Å². The molecule has 0 heterocycles. The summed E-state index contributed by atoms with van der Waals surface area (Å²) < 4.78 is 0. The molecule has 0 aliphatic rings. The summed E-state index contributed by atoms with van der Waals surface area (Å²) in [7, 11) is 0. The van der Waals surface area contributed by atoms with Crippen LogP contribution in [0, 0.1) is 11.8 Å². The van der Waals surface area contributed by atoms with Crippen molar-refractivity contribution >= 4 is 0 Å². The predicted octanol–water partition coefficient (Wildman–Crippen LogP) is 1.97. The van der Waals surface area contributed by atoms with Gasteiger partial charge in [0.2, 0.25) is 0 Å². The minimum atomic E-state index is -0.235. The van der Waals surface area contributed by atoms with Gasteiger partial charge in [0.15, 0.2) is 0 Å². The van der Waals surface area contributed by atoms with Gasteiger partial charge in [0, 0.05) is 6.61 Å². The Morgan fingerprint density at radius 1 is 1.08 bits per heavy atom. The van der Waals surface area contributed by atoms with Gasteiger partial charge in [0.25, 0.3) is 0 Å². The summed E-state index contributed by atoms with van der Waals surface area (Å²) in [6.07, 6.45) is 5.40. The van der Waals surface area contributed by atoms with Gasteiger partial charge in [-0.1, -0.05) is 32.9 Å². The number of rotatable bonds is 6. The van der Waals surface area contributed by atoms with Crippen molar-refractivity contribution in [3.05, 3.63) is 12.2 Å². The number of hydrogen-bond donors (Lipinski definition) is 2. The molecule has 0 rings (SSSR count). The van der Waals surface area contributed by atoms with E-state index in [2.05, 4.69) is 0 Å². The Kier molecular flexibility index (Phi) is 6.92. The SMILES string of the molecule is CC(C)[C@H](O)C/C=C\C[C@@H](C)CO. The molecule has 13 heavy (non-hydrogen) atoms. The summed E-state index contributed by atoms with van der Waals surface area (Å²) >= 11 is 0. The van der Waals surface area contributed by atoms with Crippen molar-refractivity contribution in [1.29, 1.82) is 0 Å². The van der Waals surface area contributed by atoms with Crippen LogP contribution in [-0.4, -0.2) is 22.9 Å².